The molecule has 7 nitrogen and oxygen atoms in total. The van der Waals surface area contributed by atoms with Gasteiger partial charge in [-0.1, -0.05) is 103 Å². The van der Waals surface area contributed by atoms with E-state index in [-0.39, 0.29) is 24.4 Å². The van der Waals surface area contributed by atoms with E-state index < -0.39 is 28.5 Å². The third-order valence-electron chi connectivity index (χ3n) is 7.72. The number of amides is 2. The Kier molecular flexibility index (Phi) is 10.8. The zero-order chi connectivity index (χ0) is 30.3. The van der Waals surface area contributed by atoms with Gasteiger partial charge in [-0.15, -0.1) is 0 Å². The molecule has 2 amide bonds. The second kappa shape index (κ2) is 14.3. The minimum absolute atomic E-state index is 0.0429. The van der Waals surface area contributed by atoms with Crippen LogP contribution >= 0.6 is 15.9 Å². The third-order valence-corrected chi connectivity index (χ3v) is 9.34. The van der Waals surface area contributed by atoms with Gasteiger partial charge in [0, 0.05) is 23.5 Å². The van der Waals surface area contributed by atoms with Crippen LogP contribution in [0.25, 0.3) is 0 Å². The van der Waals surface area contributed by atoms with Crippen LogP contribution in [-0.2, 0) is 32.6 Å². The number of hydrogen-bond acceptors (Lipinski definition) is 4. The third kappa shape index (κ3) is 8.44. The Balaban J connectivity index is 1.75. The largest absolute Gasteiger partial charge is 0.352 e. The van der Waals surface area contributed by atoms with E-state index in [1.54, 1.807) is 17.0 Å². The van der Waals surface area contributed by atoms with Gasteiger partial charge in [0.1, 0.15) is 12.6 Å². The van der Waals surface area contributed by atoms with Gasteiger partial charge in [-0.05, 0) is 53.6 Å². The highest BCUT2D eigenvalue weighted by molar-refractivity contribution is 9.10. The summed E-state index contributed by atoms with van der Waals surface area (Å²) in [6.45, 7) is 3.71. The molecular weight excluding hydrogens is 614 g/mol. The summed E-state index contributed by atoms with van der Waals surface area (Å²) >= 11 is 3.52. The van der Waals surface area contributed by atoms with E-state index >= 15 is 0 Å². The number of halogens is 1. The molecule has 0 aliphatic heterocycles. The number of benzene rings is 3. The molecule has 0 radical (unpaired) electrons. The monoisotopic (exact) mass is 653 g/mol. The van der Waals surface area contributed by atoms with E-state index in [4.69, 9.17) is 0 Å². The van der Waals surface area contributed by atoms with Crippen molar-refractivity contribution in [1.29, 1.82) is 0 Å². The average Bonchev–Trinajstić information content (AvgIpc) is 3.46. The van der Waals surface area contributed by atoms with Gasteiger partial charge >= 0.3 is 0 Å². The molecule has 1 aliphatic rings. The lowest BCUT2D eigenvalue weighted by molar-refractivity contribution is -0.140. The summed E-state index contributed by atoms with van der Waals surface area (Å²) in [5.74, 6) is -0.620. The van der Waals surface area contributed by atoms with Crippen LogP contribution < -0.4 is 9.62 Å². The van der Waals surface area contributed by atoms with Gasteiger partial charge < -0.3 is 10.2 Å². The minimum Gasteiger partial charge on any atom is -0.352 e. The quantitative estimate of drug-likeness (QED) is 0.258. The molecule has 1 N–H and O–H groups in total. The van der Waals surface area contributed by atoms with Crippen LogP contribution in [0.3, 0.4) is 0 Å². The normalized spacial score (nSPS) is 14.5. The molecule has 4 rings (SSSR count). The summed E-state index contributed by atoms with van der Waals surface area (Å²) < 4.78 is 28.4. The number of carbonyl (C=O) groups is 2. The van der Waals surface area contributed by atoms with Crippen molar-refractivity contribution in [2.45, 2.75) is 70.5 Å². The highest BCUT2D eigenvalue weighted by atomic mass is 79.9. The van der Waals surface area contributed by atoms with E-state index in [1.165, 1.54) is 4.31 Å². The van der Waals surface area contributed by atoms with Crippen LogP contribution in [0.4, 0.5) is 5.69 Å². The lowest BCUT2D eigenvalue weighted by Crippen LogP contribution is -2.54. The van der Waals surface area contributed by atoms with Crippen LogP contribution in [0.5, 0.6) is 0 Å². The molecule has 0 unspecified atom stereocenters. The van der Waals surface area contributed by atoms with Crippen molar-refractivity contribution < 1.29 is 18.0 Å². The van der Waals surface area contributed by atoms with E-state index in [1.807, 2.05) is 80.6 Å². The fourth-order valence-corrected chi connectivity index (χ4v) is 6.87. The van der Waals surface area contributed by atoms with Gasteiger partial charge in [0.25, 0.3) is 0 Å². The number of nitrogens with zero attached hydrogens (tertiary/aromatic N) is 2. The Morgan fingerprint density at radius 2 is 1.57 bits per heavy atom. The molecule has 1 fully saturated rings. The SMILES string of the molecule is CC(C)c1ccccc1N(CC(=O)N(Cc1cccc(Br)c1)[C@@H](Cc1ccccc1)C(=O)NC1CCCC1)S(C)(=O)=O. The smallest absolute Gasteiger partial charge is 0.244 e. The lowest BCUT2D eigenvalue weighted by Gasteiger charge is -2.34. The summed E-state index contributed by atoms with van der Waals surface area (Å²) in [6, 6.07) is 23.7. The predicted octanol–water partition coefficient (Wildman–Crippen LogP) is 6.04. The van der Waals surface area contributed by atoms with Gasteiger partial charge in [0.05, 0.1) is 11.9 Å². The van der Waals surface area contributed by atoms with Gasteiger partial charge in [-0.3, -0.25) is 13.9 Å². The van der Waals surface area contributed by atoms with Crippen molar-refractivity contribution in [3.05, 3.63) is 100 Å². The van der Waals surface area contributed by atoms with Crippen LogP contribution in [0.15, 0.2) is 83.3 Å². The first-order chi connectivity index (χ1) is 20.0. The first kappa shape index (κ1) is 31.8. The maximum Gasteiger partial charge on any atom is 0.244 e. The standard InChI is InChI=1S/C33H40BrN3O4S/c1-24(2)29-18-9-10-19-30(29)37(42(3,40)41)23-32(38)36(22-26-14-11-15-27(34)20-26)31(21-25-12-5-4-6-13-25)33(39)35-28-16-7-8-17-28/h4-6,9-15,18-20,24,28,31H,7-8,16-17,21-23H2,1-3H3,(H,35,39)/t31-/m0/s1. The molecule has 1 atom stereocenters. The topological polar surface area (TPSA) is 86.8 Å². The first-order valence-corrected chi connectivity index (χ1v) is 17.1. The van der Waals surface area contributed by atoms with Crippen molar-refractivity contribution in [3.8, 4) is 0 Å². The average molecular weight is 655 g/mol. The predicted molar refractivity (Wildman–Crippen MR) is 172 cm³/mol. The second-order valence-electron chi connectivity index (χ2n) is 11.3. The Morgan fingerprint density at radius 1 is 0.929 bits per heavy atom. The number of sulfonamides is 1. The molecule has 224 valence electrons. The van der Waals surface area contributed by atoms with Crippen molar-refractivity contribution in [3.63, 3.8) is 0 Å². The van der Waals surface area contributed by atoms with Gasteiger partial charge in [0.2, 0.25) is 21.8 Å². The van der Waals surface area contributed by atoms with E-state index in [9.17, 15) is 18.0 Å². The molecule has 42 heavy (non-hydrogen) atoms. The Bertz CT molecular complexity index is 1470. The zero-order valence-corrected chi connectivity index (χ0v) is 26.9. The van der Waals surface area contributed by atoms with Crippen LogP contribution in [0, 0.1) is 0 Å². The van der Waals surface area contributed by atoms with Crippen molar-refractivity contribution >= 4 is 43.5 Å². The van der Waals surface area contributed by atoms with Crippen LogP contribution in [-0.4, -0.2) is 50.0 Å². The molecular formula is C33H40BrN3O4S. The van der Waals surface area contributed by atoms with Crippen molar-refractivity contribution in [1.82, 2.24) is 10.2 Å². The summed E-state index contributed by atoms with van der Waals surface area (Å²) in [5.41, 5.74) is 3.05. The zero-order valence-electron chi connectivity index (χ0n) is 24.5. The Labute approximate surface area is 258 Å². The summed E-state index contributed by atoms with van der Waals surface area (Å²) in [6.07, 6.45) is 5.38. The van der Waals surface area contributed by atoms with Crippen LogP contribution in [0.1, 0.15) is 62.1 Å². The Morgan fingerprint density at radius 3 is 2.21 bits per heavy atom. The summed E-state index contributed by atoms with van der Waals surface area (Å²) in [5, 5.41) is 3.20. The number of para-hydroxylation sites is 1. The maximum absolute atomic E-state index is 14.3. The number of rotatable bonds is 12. The van der Waals surface area contributed by atoms with E-state index in [0.717, 1.165) is 53.1 Å². The number of nitrogens with one attached hydrogen (secondary N) is 1. The summed E-state index contributed by atoms with van der Waals surface area (Å²) in [4.78, 5) is 29.9. The second-order valence-corrected chi connectivity index (χ2v) is 14.2. The molecule has 0 saturated heterocycles. The highest BCUT2D eigenvalue weighted by Gasteiger charge is 2.34. The van der Waals surface area contributed by atoms with Gasteiger partial charge in [-0.2, -0.15) is 0 Å². The number of hydrogen-bond donors (Lipinski definition) is 1. The summed E-state index contributed by atoms with van der Waals surface area (Å²) in [7, 11) is -3.83. The fourth-order valence-electron chi connectivity index (χ4n) is 5.55. The van der Waals surface area contributed by atoms with Crippen molar-refractivity contribution in [2.75, 3.05) is 17.1 Å². The van der Waals surface area contributed by atoms with E-state index in [2.05, 4.69) is 21.2 Å². The molecule has 0 bridgehead atoms. The highest BCUT2D eigenvalue weighted by Crippen LogP contribution is 2.29. The maximum atomic E-state index is 14.3. The van der Waals surface area contributed by atoms with Gasteiger partial charge in [0.15, 0.2) is 0 Å². The number of anilines is 1. The Hall–Kier alpha value is -3.17. The molecule has 9 heteroatoms. The van der Waals surface area contributed by atoms with Gasteiger partial charge in [-0.25, -0.2) is 8.42 Å². The molecule has 3 aromatic carbocycles. The molecule has 0 spiro atoms. The lowest BCUT2D eigenvalue weighted by atomic mass is 10.0. The molecule has 1 aliphatic carbocycles. The van der Waals surface area contributed by atoms with Crippen LogP contribution in [0.2, 0.25) is 0 Å². The fraction of sp³-hybridized carbons (Fsp3) is 0.394. The molecule has 0 heterocycles. The number of carbonyl (C=O) groups excluding carboxylic acids is 2. The molecule has 0 aromatic heterocycles. The molecule has 1 saturated carbocycles. The molecule has 3 aromatic rings. The van der Waals surface area contributed by atoms with Crippen molar-refractivity contribution in [2.24, 2.45) is 0 Å². The van der Waals surface area contributed by atoms with E-state index in [0.29, 0.717) is 12.1 Å². The minimum atomic E-state index is -3.83. The first-order valence-electron chi connectivity index (χ1n) is 14.5.